The van der Waals surface area contributed by atoms with Crippen LogP contribution in [-0.2, 0) is 23.2 Å². The molecule has 1 heterocycles. The van der Waals surface area contributed by atoms with E-state index in [1.165, 1.54) is 4.57 Å². The molecule has 0 aromatic carbocycles. The largest absolute Gasteiger partial charge is 0.368 e. The summed E-state index contributed by atoms with van der Waals surface area (Å²) in [7, 11) is -4.76. The molecular formula is C8H14FN3O2S. The lowest BCUT2D eigenvalue weighted by Crippen LogP contribution is -2.09. The third-order valence-corrected chi connectivity index (χ3v) is 2.80. The SMILES string of the molecule is CCCCn1c(CC)nnc1S(=O)(=O)F. The predicted octanol–water partition coefficient (Wildman–Crippen LogP) is 1.30. The van der Waals surface area contributed by atoms with Gasteiger partial charge < -0.3 is 0 Å². The van der Waals surface area contributed by atoms with E-state index in [1.54, 1.807) is 0 Å². The van der Waals surface area contributed by atoms with E-state index in [0.29, 0.717) is 18.8 Å². The molecular weight excluding hydrogens is 221 g/mol. The van der Waals surface area contributed by atoms with Crippen LogP contribution in [0.5, 0.6) is 0 Å². The highest BCUT2D eigenvalue weighted by Gasteiger charge is 2.22. The maximum Gasteiger partial charge on any atom is 0.368 e. The molecule has 0 saturated carbocycles. The first kappa shape index (κ1) is 12.1. The van der Waals surface area contributed by atoms with Gasteiger partial charge >= 0.3 is 10.2 Å². The smallest absolute Gasteiger partial charge is 0.300 e. The average molecular weight is 235 g/mol. The van der Waals surface area contributed by atoms with Crippen molar-refractivity contribution in [3.63, 3.8) is 0 Å². The quantitative estimate of drug-likeness (QED) is 0.721. The first-order valence-electron chi connectivity index (χ1n) is 4.87. The number of aryl methyl sites for hydroxylation is 1. The maximum atomic E-state index is 12.8. The van der Waals surface area contributed by atoms with E-state index in [4.69, 9.17) is 0 Å². The molecule has 0 N–H and O–H groups in total. The molecule has 5 nitrogen and oxygen atoms in total. The third kappa shape index (κ3) is 2.74. The standard InChI is InChI=1S/C8H14FN3O2S/c1-3-5-6-12-7(4-2)10-11-8(12)15(9,13)14/h3-6H2,1-2H3. The molecule has 7 heteroatoms. The van der Waals surface area contributed by atoms with Gasteiger partial charge in [0, 0.05) is 13.0 Å². The highest BCUT2D eigenvalue weighted by atomic mass is 32.3. The van der Waals surface area contributed by atoms with Gasteiger partial charge in [-0.15, -0.1) is 10.2 Å². The normalized spacial score (nSPS) is 11.9. The minimum absolute atomic E-state index is 0.436. The fraction of sp³-hybridized carbons (Fsp3) is 0.750. The van der Waals surface area contributed by atoms with Crippen LogP contribution in [0.3, 0.4) is 0 Å². The molecule has 86 valence electrons. The summed E-state index contributed by atoms with van der Waals surface area (Å²) in [4.78, 5) is 0. The molecule has 0 aliphatic heterocycles. The van der Waals surface area contributed by atoms with Crippen LogP contribution in [0.4, 0.5) is 3.89 Å². The van der Waals surface area contributed by atoms with E-state index in [1.807, 2.05) is 13.8 Å². The van der Waals surface area contributed by atoms with Crippen LogP contribution < -0.4 is 0 Å². The monoisotopic (exact) mass is 235 g/mol. The van der Waals surface area contributed by atoms with Crippen molar-refractivity contribution in [2.24, 2.45) is 0 Å². The molecule has 0 unspecified atom stereocenters. The van der Waals surface area contributed by atoms with Crippen molar-refractivity contribution in [3.8, 4) is 0 Å². The lowest BCUT2D eigenvalue weighted by atomic mass is 10.3. The Balaban J connectivity index is 3.12. The molecule has 0 aliphatic carbocycles. The molecule has 0 spiro atoms. The molecule has 0 atom stereocenters. The number of hydrogen-bond donors (Lipinski definition) is 0. The molecule has 0 radical (unpaired) electrons. The summed E-state index contributed by atoms with van der Waals surface area (Å²) in [6.45, 7) is 4.23. The first-order valence-corrected chi connectivity index (χ1v) is 6.25. The van der Waals surface area contributed by atoms with E-state index in [-0.39, 0.29) is 0 Å². The summed E-state index contributed by atoms with van der Waals surface area (Å²) >= 11 is 0. The number of hydrogen-bond acceptors (Lipinski definition) is 4. The van der Waals surface area contributed by atoms with Crippen molar-refractivity contribution in [3.05, 3.63) is 5.82 Å². The molecule has 0 fully saturated rings. The maximum absolute atomic E-state index is 12.8. The first-order chi connectivity index (χ1) is 7.00. The van der Waals surface area contributed by atoms with Gasteiger partial charge in [0.1, 0.15) is 5.82 Å². The highest BCUT2D eigenvalue weighted by molar-refractivity contribution is 7.86. The summed E-state index contributed by atoms with van der Waals surface area (Å²) in [5.41, 5.74) is 0. The lowest BCUT2D eigenvalue weighted by molar-refractivity contribution is 0.507. The van der Waals surface area contributed by atoms with Crippen molar-refractivity contribution >= 4 is 10.2 Å². The Morgan fingerprint density at radius 3 is 2.47 bits per heavy atom. The topological polar surface area (TPSA) is 64.8 Å². The lowest BCUT2D eigenvalue weighted by Gasteiger charge is -2.05. The third-order valence-electron chi connectivity index (χ3n) is 2.06. The van der Waals surface area contributed by atoms with Crippen molar-refractivity contribution in [1.82, 2.24) is 14.8 Å². The van der Waals surface area contributed by atoms with Gasteiger partial charge in [-0.3, -0.25) is 4.57 Å². The van der Waals surface area contributed by atoms with Gasteiger partial charge in [0.15, 0.2) is 0 Å². The van der Waals surface area contributed by atoms with Gasteiger partial charge in [-0.05, 0) is 6.42 Å². The van der Waals surface area contributed by atoms with Gasteiger partial charge in [-0.25, -0.2) is 0 Å². The van der Waals surface area contributed by atoms with E-state index in [2.05, 4.69) is 10.2 Å². The van der Waals surface area contributed by atoms with E-state index >= 15 is 0 Å². The minimum Gasteiger partial charge on any atom is -0.300 e. The fourth-order valence-corrected chi connectivity index (χ4v) is 1.90. The Labute approximate surface area is 88.5 Å². The molecule has 0 bridgehead atoms. The number of rotatable bonds is 5. The van der Waals surface area contributed by atoms with Crippen LogP contribution in [-0.4, -0.2) is 23.2 Å². The minimum atomic E-state index is -4.76. The van der Waals surface area contributed by atoms with E-state index in [0.717, 1.165) is 12.8 Å². The van der Waals surface area contributed by atoms with E-state index < -0.39 is 15.4 Å². The van der Waals surface area contributed by atoms with Gasteiger partial charge in [0.05, 0.1) is 0 Å². The Hall–Kier alpha value is -0.980. The predicted molar refractivity (Wildman–Crippen MR) is 52.6 cm³/mol. The van der Waals surface area contributed by atoms with Gasteiger partial charge in [-0.2, -0.15) is 8.42 Å². The number of unbranched alkanes of at least 4 members (excludes halogenated alkanes) is 1. The molecule has 1 rings (SSSR count). The zero-order valence-corrected chi connectivity index (χ0v) is 9.59. The molecule has 1 aromatic heterocycles. The zero-order valence-electron chi connectivity index (χ0n) is 8.77. The van der Waals surface area contributed by atoms with Gasteiger partial charge in [-0.1, -0.05) is 24.2 Å². The van der Waals surface area contributed by atoms with Crippen LogP contribution in [0.1, 0.15) is 32.5 Å². The van der Waals surface area contributed by atoms with Crippen LogP contribution >= 0.6 is 0 Å². The summed E-state index contributed by atoms with van der Waals surface area (Å²) in [5, 5.41) is 6.43. The van der Waals surface area contributed by atoms with Crippen LogP contribution in [0.25, 0.3) is 0 Å². The second-order valence-electron chi connectivity index (χ2n) is 3.20. The highest BCUT2D eigenvalue weighted by Crippen LogP contribution is 2.13. The second-order valence-corrected chi connectivity index (χ2v) is 4.44. The summed E-state index contributed by atoms with van der Waals surface area (Å²) in [6, 6.07) is 0. The number of nitrogens with zero attached hydrogens (tertiary/aromatic N) is 3. The Kier molecular flexibility index (Phi) is 3.78. The fourth-order valence-electron chi connectivity index (χ4n) is 1.30. The zero-order chi connectivity index (χ0) is 11.5. The molecule has 15 heavy (non-hydrogen) atoms. The molecule has 1 aromatic rings. The van der Waals surface area contributed by atoms with Gasteiger partial charge in [0.25, 0.3) is 5.16 Å². The Morgan fingerprint density at radius 2 is 2.00 bits per heavy atom. The Bertz CT molecular complexity index is 427. The summed E-state index contributed by atoms with van der Waals surface area (Å²) < 4.78 is 35.7. The van der Waals surface area contributed by atoms with E-state index in [9.17, 15) is 12.3 Å². The van der Waals surface area contributed by atoms with Crippen molar-refractivity contribution in [2.75, 3.05) is 0 Å². The summed E-state index contributed by atoms with van der Waals surface area (Å²) in [6.07, 6.45) is 2.20. The van der Waals surface area contributed by atoms with Crippen LogP contribution in [0.15, 0.2) is 5.16 Å². The van der Waals surface area contributed by atoms with Crippen molar-refractivity contribution < 1.29 is 12.3 Å². The molecule has 0 saturated heterocycles. The van der Waals surface area contributed by atoms with Crippen molar-refractivity contribution in [2.45, 2.75) is 44.8 Å². The second kappa shape index (κ2) is 4.69. The average Bonchev–Trinajstić information content (AvgIpc) is 2.56. The number of halogens is 1. The van der Waals surface area contributed by atoms with Crippen LogP contribution in [0.2, 0.25) is 0 Å². The Morgan fingerprint density at radius 1 is 1.33 bits per heavy atom. The molecule has 0 amide bonds. The van der Waals surface area contributed by atoms with Gasteiger partial charge in [0.2, 0.25) is 0 Å². The van der Waals surface area contributed by atoms with Crippen molar-refractivity contribution in [1.29, 1.82) is 0 Å². The molecule has 0 aliphatic rings. The van der Waals surface area contributed by atoms with Crippen LogP contribution in [0, 0.1) is 0 Å². The number of aromatic nitrogens is 3. The summed E-state index contributed by atoms with van der Waals surface area (Å²) in [5.74, 6) is 0.500.